The van der Waals surface area contributed by atoms with Gasteiger partial charge in [0.15, 0.2) is 0 Å². The minimum atomic E-state index is -4.30. The molecule has 0 atom stereocenters. The van der Waals surface area contributed by atoms with E-state index in [-0.39, 0.29) is 11.8 Å². The number of carbonyl (C=O) groups excluding carboxylic acids is 1. The number of anilines is 1. The second kappa shape index (κ2) is 8.09. The third-order valence-corrected chi connectivity index (χ3v) is 4.74. The molecule has 0 saturated carbocycles. The Balaban J connectivity index is 1.63. The molecule has 2 aromatic carbocycles. The summed E-state index contributed by atoms with van der Waals surface area (Å²) in [5, 5.41) is 3.89. The first-order valence-corrected chi connectivity index (χ1v) is 9.31. The largest absolute Gasteiger partial charge is 0.416 e. The van der Waals surface area contributed by atoms with E-state index in [1.54, 1.807) is 6.20 Å². The van der Waals surface area contributed by atoms with Gasteiger partial charge in [-0.3, -0.25) is 4.79 Å². The van der Waals surface area contributed by atoms with Crippen molar-refractivity contribution in [1.82, 2.24) is 4.98 Å². The summed E-state index contributed by atoms with van der Waals surface area (Å²) in [5.41, 5.74) is 3.11. The third-order valence-electron chi connectivity index (χ3n) is 4.74. The summed E-state index contributed by atoms with van der Waals surface area (Å²) in [6.07, 6.45) is -0.168. The lowest BCUT2D eigenvalue weighted by molar-refractivity contribution is -0.137. The Morgan fingerprint density at radius 1 is 1.04 bits per heavy atom. The maximum Gasteiger partial charge on any atom is 0.416 e. The molecule has 0 radical (unpaired) electrons. The lowest BCUT2D eigenvalue weighted by atomic mass is 10.0. The molecule has 0 aliphatic rings. The molecule has 0 spiro atoms. The van der Waals surface area contributed by atoms with Crippen LogP contribution < -0.4 is 5.32 Å². The Morgan fingerprint density at radius 2 is 1.68 bits per heavy atom. The monoisotopic (exact) mass is 388 g/mol. The van der Waals surface area contributed by atoms with Gasteiger partial charge in [-0.25, -0.2) is 0 Å². The topological polar surface area (TPSA) is 44.9 Å². The van der Waals surface area contributed by atoms with Crippen molar-refractivity contribution in [1.29, 1.82) is 0 Å². The minimum absolute atomic E-state index is 0.0337. The highest BCUT2D eigenvalue weighted by atomic mass is 19.4. The molecular weight excluding hydrogens is 365 g/mol. The molecule has 3 aromatic rings. The predicted octanol–water partition coefficient (Wildman–Crippen LogP) is 5.96. The van der Waals surface area contributed by atoms with Gasteiger partial charge in [0.1, 0.15) is 0 Å². The SMILES string of the molecule is CC(C)C(=O)Nc1c[nH]c2ccc(CCCc3ccc(C(F)(F)F)cc3)cc12. The van der Waals surface area contributed by atoms with E-state index in [0.717, 1.165) is 52.7 Å². The number of aromatic nitrogens is 1. The number of nitrogens with one attached hydrogen (secondary N) is 2. The van der Waals surface area contributed by atoms with Crippen molar-refractivity contribution in [3.05, 3.63) is 65.4 Å². The second-order valence-electron chi connectivity index (χ2n) is 7.27. The van der Waals surface area contributed by atoms with Crippen molar-refractivity contribution >= 4 is 22.5 Å². The molecule has 6 heteroatoms. The van der Waals surface area contributed by atoms with Crippen LogP contribution in [0.1, 0.15) is 37.0 Å². The van der Waals surface area contributed by atoms with Crippen LogP contribution in [-0.4, -0.2) is 10.9 Å². The van der Waals surface area contributed by atoms with E-state index >= 15 is 0 Å². The number of alkyl halides is 3. The van der Waals surface area contributed by atoms with Crippen LogP contribution in [-0.2, 0) is 23.8 Å². The quantitative estimate of drug-likeness (QED) is 0.538. The number of aryl methyl sites for hydroxylation is 2. The molecule has 0 fully saturated rings. The fraction of sp³-hybridized carbons (Fsp3) is 0.318. The lowest BCUT2D eigenvalue weighted by Gasteiger charge is -2.08. The van der Waals surface area contributed by atoms with E-state index in [1.165, 1.54) is 12.1 Å². The van der Waals surface area contributed by atoms with Crippen molar-refractivity contribution in [2.45, 2.75) is 39.3 Å². The molecule has 0 aliphatic heterocycles. The highest BCUT2D eigenvalue weighted by Gasteiger charge is 2.29. The Hall–Kier alpha value is -2.76. The molecule has 0 unspecified atom stereocenters. The lowest BCUT2D eigenvalue weighted by Crippen LogP contribution is -2.17. The van der Waals surface area contributed by atoms with E-state index in [9.17, 15) is 18.0 Å². The number of fused-ring (bicyclic) bond motifs is 1. The zero-order valence-corrected chi connectivity index (χ0v) is 15.9. The van der Waals surface area contributed by atoms with E-state index in [4.69, 9.17) is 0 Å². The van der Waals surface area contributed by atoms with Crippen molar-refractivity contribution < 1.29 is 18.0 Å². The molecular formula is C22H23F3N2O. The smallest absolute Gasteiger partial charge is 0.359 e. The number of hydrogen-bond acceptors (Lipinski definition) is 1. The van der Waals surface area contributed by atoms with Gasteiger partial charge in [0.2, 0.25) is 5.91 Å². The molecule has 0 bridgehead atoms. The van der Waals surface area contributed by atoms with Gasteiger partial charge < -0.3 is 10.3 Å². The highest BCUT2D eigenvalue weighted by molar-refractivity contribution is 6.02. The van der Waals surface area contributed by atoms with Crippen LogP contribution in [0.15, 0.2) is 48.7 Å². The number of amides is 1. The van der Waals surface area contributed by atoms with Crippen LogP contribution in [0.2, 0.25) is 0 Å². The number of carbonyl (C=O) groups is 1. The first-order chi connectivity index (χ1) is 13.2. The summed E-state index contributed by atoms with van der Waals surface area (Å²) in [7, 11) is 0. The Labute approximate surface area is 162 Å². The maximum atomic E-state index is 12.6. The summed E-state index contributed by atoms with van der Waals surface area (Å²) in [6.45, 7) is 3.69. The molecule has 3 nitrogen and oxygen atoms in total. The Bertz CT molecular complexity index is 956. The normalized spacial score (nSPS) is 11.9. The minimum Gasteiger partial charge on any atom is -0.359 e. The average Bonchev–Trinajstić information content (AvgIpc) is 3.03. The van der Waals surface area contributed by atoms with Crippen LogP contribution in [0.25, 0.3) is 10.9 Å². The highest BCUT2D eigenvalue weighted by Crippen LogP contribution is 2.29. The van der Waals surface area contributed by atoms with E-state index in [0.29, 0.717) is 6.42 Å². The number of benzene rings is 2. The Kier molecular flexibility index (Phi) is 5.77. The van der Waals surface area contributed by atoms with Gasteiger partial charge in [0.25, 0.3) is 0 Å². The molecule has 0 saturated heterocycles. The molecule has 3 rings (SSSR count). The molecule has 1 heterocycles. The van der Waals surface area contributed by atoms with Gasteiger partial charge in [-0.15, -0.1) is 0 Å². The number of rotatable bonds is 6. The summed E-state index contributed by atoms with van der Waals surface area (Å²) < 4.78 is 37.9. The summed E-state index contributed by atoms with van der Waals surface area (Å²) in [6, 6.07) is 11.4. The summed E-state index contributed by atoms with van der Waals surface area (Å²) in [5.74, 6) is -0.134. The fourth-order valence-corrected chi connectivity index (χ4v) is 3.06. The molecule has 1 amide bonds. The van der Waals surface area contributed by atoms with Crippen LogP contribution in [0.5, 0.6) is 0 Å². The zero-order valence-electron chi connectivity index (χ0n) is 15.9. The molecule has 1 aromatic heterocycles. The number of H-pyrrole nitrogens is 1. The molecule has 28 heavy (non-hydrogen) atoms. The summed E-state index contributed by atoms with van der Waals surface area (Å²) >= 11 is 0. The van der Waals surface area contributed by atoms with Crippen LogP contribution in [0, 0.1) is 5.92 Å². The first kappa shape index (κ1) is 20.0. The molecule has 0 aliphatic carbocycles. The molecule has 2 N–H and O–H groups in total. The maximum absolute atomic E-state index is 12.6. The van der Waals surface area contributed by atoms with E-state index < -0.39 is 11.7 Å². The van der Waals surface area contributed by atoms with Crippen molar-refractivity contribution in [2.24, 2.45) is 5.92 Å². The van der Waals surface area contributed by atoms with Gasteiger partial charge in [0, 0.05) is 23.0 Å². The first-order valence-electron chi connectivity index (χ1n) is 9.31. The van der Waals surface area contributed by atoms with Gasteiger partial charge in [-0.2, -0.15) is 13.2 Å². The van der Waals surface area contributed by atoms with Gasteiger partial charge >= 0.3 is 6.18 Å². The summed E-state index contributed by atoms with van der Waals surface area (Å²) in [4.78, 5) is 15.1. The van der Waals surface area contributed by atoms with Gasteiger partial charge in [0.05, 0.1) is 11.3 Å². The van der Waals surface area contributed by atoms with Crippen LogP contribution >= 0.6 is 0 Å². The van der Waals surface area contributed by atoms with Crippen molar-refractivity contribution in [3.63, 3.8) is 0 Å². The number of halogens is 3. The Morgan fingerprint density at radius 3 is 2.32 bits per heavy atom. The molecule has 148 valence electrons. The van der Waals surface area contributed by atoms with E-state index in [1.807, 2.05) is 26.0 Å². The average molecular weight is 388 g/mol. The van der Waals surface area contributed by atoms with Gasteiger partial charge in [-0.05, 0) is 54.7 Å². The number of aromatic amines is 1. The van der Waals surface area contributed by atoms with Crippen LogP contribution in [0.4, 0.5) is 18.9 Å². The van der Waals surface area contributed by atoms with Crippen LogP contribution in [0.3, 0.4) is 0 Å². The third kappa shape index (κ3) is 4.74. The van der Waals surface area contributed by atoms with Crippen molar-refractivity contribution in [2.75, 3.05) is 5.32 Å². The fourth-order valence-electron chi connectivity index (χ4n) is 3.06. The second-order valence-corrected chi connectivity index (χ2v) is 7.27. The van der Waals surface area contributed by atoms with Gasteiger partial charge in [-0.1, -0.05) is 32.0 Å². The zero-order chi connectivity index (χ0) is 20.3. The van der Waals surface area contributed by atoms with E-state index in [2.05, 4.69) is 16.4 Å². The standard InChI is InChI=1S/C22H23F3N2O/c1-14(2)21(28)27-20-13-26-19-11-8-16(12-18(19)20)5-3-4-15-6-9-17(10-7-15)22(23,24)25/h6-14,26H,3-5H2,1-2H3,(H,27,28). The number of hydrogen-bond donors (Lipinski definition) is 2. The predicted molar refractivity (Wildman–Crippen MR) is 105 cm³/mol. The van der Waals surface area contributed by atoms with Crippen molar-refractivity contribution in [3.8, 4) is 0 Å².